The van der Waals surface area contributed by atoms with E-state index >= 15 is 0 Å². The fourth-order valence-electron chi connectivity index (χ4n) is 2.73. The zero-order valence-corrected chi connectivity index (χ0v) is 11.9. The molecule has 0 aliphatic heterocycles. The first-order valence-corrected chi connectivity index (χ1v) is 7.72. The van der Waals surface area contributed by atoms with Crippen molar-refractivity contribution in [3.8, 4) is 0 Å². The highest BCUT2D eigenvalue weighted by Gasteiger charge is 2.19. The summed E-state index contributed by atoms with van der Waals surface area (Å²) in [6.45, 7) is 0. The van der Waals surface area contributed by atoms with Gasteiger partial charge < -0.3 is 10.1 Å². The highest BCUT2D eigenvalue weighted by molar-refractivity contribution is 7.18. The van der Waals surface area contributed by atoms with Crippen LogP contribution in [0.3, 0.4) is 0 Å². The molecule has 0 spiro atoms. The molecule has 0 amide bonds. The molecule has 106 valence electrons. The van der Waals surface area contributed by atoms with Gasteiger partial charge in [-0.3, -0.25) is 9.59 Å². The Kier molecular flexibility index (Phi) is 3.56. The van der Waals surface area contributed by atoms with E-state index in [1.807, 2.05) is 0 Å². The van der Waals surface area contributed by atoms with E-state index in [0.717, 1.165) is 29.5 Å². The van der Waals surface area contributed by atoms with Gasteiger partial charge in [0.2, 0.25) is 0 Å². The molecule has 0 saturated heterocycles. The number of nitrogens with one attached hydrogen (secondary N) is 1. The molecule has 2 heterocycles. The fraction of sp³-hybridized carbons (Fsp3) is 0.500. The van der Waals surface area contributed by atoms with Gasteiger partial charge in [-0.05, 0) is 37.7 Å². The summed E-state index contributed by atoms with van der Waals surface area (Å²) in [6.07, 6.45) is 5.43. The third kappa shape index (κ3) is 2.47. The van der Waals surface area contributed by atoms with Crippen molar-refractivity contribution in [2.24, 2.45) is 0 Å². The van der Waals surface area contributed by atoms with Crippen molar-refractivity contribution in [3.63, 3.8) is 0 Å². The van der Waals surface area contributed by atoms with Gasteiger partial charge in [0.25, 0.3) is 5.56 Å². The van der Waals surface area contributed by atoms with Crippen LogP contribution in [-0.4, -0.2) is 21.0 Å². The van der Waals surface area contributed by atoms with Crippen LogP contribution >= 0.6 is 11.3 Å². The number of H-pyrrole nitrogens is 1. The van der Waals surface area contributed by atoms with E-state index in [4.69, 9.17) is 5.11 Å². The Morgan fingerprint density at radius 2 is 2.15 bits per heavy atom. The van der Waals surface area contributed by atoms with Crippen molar-refractivity contribution >= 4 is 27.5 Å². The predicted octanol–water partition coefficient (Wildman–Crippen LogP) is 2.27. The summed E-state index contributed by atoms with van der Waals surface area (Å²) < 4.78 is 0. The topological polar surface area (TPSA) is 83.0 Å². The number of hydrogen-bond donors (Lipinski definition) is 2. The SMILES string of the molecule is O=C(O)CCCc1nc2sc3c(c2c(=O)[nH]1)CCCC3. The molecule has 2 aromatic heterocycles. The van der Waals surface area contributed by atoms with Crippen LogP contribution in [0.1, 0.15) is 41.9 Å². The number of hydrogen-bond acceptors (Lipinski definition) is 4. The normalized spacial score (nSPS) is 14.4. The van der Waals surface area contributed by atoms with Crippen molar-refractivity contribution < 1.29 is 9.90 Å². The van der Waals surface area contributed by atoms with Crippen molar-refractivity contribution in [1.29, 1.82) is 0 Å². The molecule has 2 N–H and O–H groups in total. The number of thiophene rings is 1. The molecule has 0 saturated carbocycles. The largest absolute Gasteiger partial charge is 0.481 e. The molecule has 0 fully saturated rings. The summed E-state index contributed by atoms with van der Waals surface area (Å²) in [4.78, 5) is 32.2. The van der Waals surface area contributed by atoms with E-state index in [1.165, 1.54) is 16.9 Å². The van der Waals surface area contributed by atoms with Gasteiger partial charge in [-0.1, -0.05) is 0 Å². The zero-order chi connectivity index (χ0) is 14.1. The Morgan fingerprint density at radius 1 is 1.35 bits per heavy atom. The lowest BCUT2D eigenvalue weighted by Gasteiger charge is -2.09. The Labute approximate surface area is 119 Å². The van der Waals surface area contributed by atoms with Crippen molar-refractivity contribution in [3.05, 3.63) is 26.6 Å². The van der Waals surface area contributed by atoms with Gasteiger partial charge in [-0.25, -0.2) is 4.98 Å². The average Bonchev–Trinajstić information content (AvgIpc) is 2.76. The molecule has 0 unspecified atom stereocenters. The second-order valence-electron chi connectivity index (χ2n) is 5.15. The van der Waals surface area contributed by atoms with Crippen LogP contribution in [0, 0.1) is 0 Å². The Bertz CT molecular complexity index is 717. The minimum atomic E-state index is -0.819. The van der Waals surface area contributed by atoms with Crippen molar-refractivity contribution in [1.82, 2.24) is 9.97 Å². The lowest BCUT2D eigenvalue weighted by atomic mass is 9.97. The number of aromatic amines is 1. The van der Waals surface area contributed by atoms with E-state index in [9.17, 15) is 9.59 Å². The van der Waals surface area contributed by atoms with Gasteiger partial charge in [0.15, 0.2) is 0 Å². The Balaban J connectivity index is 1.94. The number of carboxylic acid groups (broad SMARTS) is 1. The standard InChI is InChI=1S/C14H16N2O3S/c17-11(18)7-3-6-10-15-13(19)12-8-4-1-2-5-9(8)20-14(12)16-10/h1-7H2,(H,17,18)(H,15,16,19). The molecule has 1 aliphatic carbocycles. The van der Waals surface area contributed by atoms with Crippen LogP contribution in [0.15, 0.2) is 4.79 Å². The van der Waals surface area contributed by atoms with Crippen LogP contribution < -0.4 is 5.56 Å². The molecule has 5 nitrogen and oxygen atoms in total. The van der Waals surface area contributed by atoms with Crippen LogP contribution in [0.4, 0.5) is 0 Å². The van der Waals surface area contributed by atoms with Gasteiger partial charge in [0.05, 0.1) is 5.39 Å². The van der Waals surface area contributed by atoms with Crippen molar-refractivity contribution in [2.45, 2.75) is 44.9 Å². The molecule has 3 rings (SSSR count). The first-order chi connectivity index (χ1) is 9.65. The third-order valence-electron chi connectivity index (χ3n) is 3.68. The molecule has 1 aliphatic rings. The smallest absolute Gasteiger partial charge is 0.303 e. The lowest BCUT2D eigenvalue weighted by Crippen LogP contribution is -2.13. The summed E-state index contributed by atoms with van der Waals surface area (Å²) in [5.41, 5.74) is 1.11. The van der Waals surface area contributed by atoms with Gasteiger partial charge in [-0.15, -0.1) is 11.3 Å². The van der Waals surface area contributed by atoms with E-state index in [-0.39, 0.29) is 12.0 Å². The third-order valence-corrected chi connectivity index (χ3v) is 4.86. The molecular weight excluding hydrogens is 276 g/mol. The summed E-state index contributed by atoms with van der Waals surface area (Å²) in [5, 5.41) is 9.39. The summed E-state index contributed by atoms with van der Waals surface area (Å²) in [6, 6.07) is 0. The minimum absolute atomic E-state index is 0.0697. The van der Waals surface area contributed by atoms with E-state index < -0.39 is 5.97 Å². The number of carboxylic acids is 1. The number of aromatic nitrogens is 2. The highest BCUT2D eigenvalue weighted by Crippen LogP contribution is 2.33. The molecule has 2 aromatic rings. The van der Waals surface area contributed by atoms with Crippen molar-refractivity contribution in [2.75, 3.05) is 0 Å². The van der Waals surface area contributed by atoms with Gasteiger partial charge in [-0.2, -0.15) is 0 Å². The van der Waals surface area contributed by atoms with E-state index in [2.05, 4.69) is 9.97 Å². The quantitative estimate of drug-likeness (QED) is 0.905. The first kappa shape index (κ1) is 13.3. The zero-order valence-electron chi connectivity index (χ0n) is 11.1. The maximum Gasteiger partial charge on any atom is 0.303 e. The maximum absolute atomic E-state index is 12.2. The number of nitrogens with zero attached hydrogens (tertiary/aromatic N) is 1. The molecule has 20 heavy (non-hydrogen) atoms. The van der Waals surface area contributed by atoms with Crippen LogP contribution in [0.5, 0.6) is 0 Å². The number of fused-ring (bicyclic) bond motifs is 3. The van der Waals surface area contributed by atoms with Gasteiger partial charge >= 0.3 is 5.97 Å². The molecule has 0 aromatic carbocycles. The highest BCUT2D eigenvalue weighted by atomic mass is 32.1. The van der Waals surface area contributed by atoms with E-state index in [1.54, 1.807) is 11.3 Å². The lowest BCUT2D eigenvalue weighted by molar-refractivity contribution is -0.137. The van der Waals surface area contributed by atoms with Crippen LogP contribution in [0.25, 0.3) is 10.2 Å². The van der Waals surface area contributed by atoms with Crippen LogP contribution in [-0.2, 0) is 24.1 Å². The molecule has 0 bridgehead atoms. The average molecular weight is 292 g/mol. The molecule has 6 heteroatoms. The van der Waals surface area contributed by atoms with Crippen LogP contribution in [0.2, 0.25) is 0 Å². The molecular formula is C14H16N2O3S. The number of carbonyl (C=O) groups is 1. The summed E-state index contributed by atoms with van der Waals surface area (Å²) in [7, 11) is 0. The monoisotopic (exact) mass is 292 g/mol. The molecule has 0 radical (unpaired) electrons. The second-order valence-corrected chi connectivity index (χ2v) is 6.23. The van der Waals surface area contributed by atoms with Gasteiger partial charge in [0.1, 0.15) is 10.7 Å². The Morgan fingerprint density at radius 3 is 2.95 bits per heavy atom. The molecule has 0 atom stereocenters. The summed E-state index contributed by atoms with van der Waals surface area (Å²) in [5.74, 6) is -0.220. The number of aryl methyl sites for hydroxylation is 3. The first-order valence-electron chi connectivity index (χ1n) is 6.90. The fourth-order valence-corrected chi connectivity index (χ4v) is 4.01. The van der Waals surface area contributed by atoms with Gasteiger partial charge in [0, 0.05) is 17.7 Å². The number of aliphatic carboxylic acids is 1. The number of rotatable bonds is 4. The predicted molar refractivity (Wildman–Crippen MR) is 77.5 cm³/mol. The summed E-state index contributed by atoms with van der Waals surface area (Å²) >= 11 is 1.62. The second kappa shape index (κ2) is 5.36. The Hall–Kier alpha value is -1.69. The maximum atomic E-state index is 12.2. The van der Waals surface area contributed by atoms with E-state index in [0.29, 0.717) is 18.7 Å². The minimum Gasteiger partial charge on any atom is -0.481 e.